The molecule has 130 valence electrons. The van der Waals surface area contributed by atoms with Gasteiger partial charge in [-0.05, 0) is 0 Å². The Balaban J connectivity index is 1.77. The largest absolute Gasteiger partial charge is 0.383 e. The summed E-state index contributed by atoms with van der Waals surface area (Å²) in [6, 6.07) is 9.38. The summed E-state index contributed by atoms with van der Waals surface area (Å²) in [7, 11) is 1.56. The molecule has 0 aliphatic carbocycles. The van der Waals surface area contributed by atoms with Crippen LogP contribution in [0.4, 0.5) is 0 Å². The monoisotopic (exact) mass is 342 g/mol. The van der Waals surface area contributed by atoms with Crippen LogP contribution in [0.3, 0.4) is 0 Å². The molecule has 0 saturated heterocycles. The minimum Gasteiger partial charge on any atom is -0.383 e. The van der Waals surface area contributed by atoms with Gasteiger partial charge in [0.25, 0.3) is 11.1 Å². The highest BCUT2D eigenvalue weighted by molar-refractivity contribution is 5.87. The molecule has 0 fully saturated rings. The van der Waals surface area contributed by atoms with Crippen molar-refractivity contribution >= 4 is 17.0 Å². The second kappa shape index (κ2) is 7.71. The first kappa shape index (κ1) is 16.8. The van der Waals surface area contributed by atoms with E-state index in [-0.39, 0.29) is 30.0 Å². The van der Waals surface area contributed by atoms with Crippen LogP contribution < -0.4 is 10.9 Å². The third-order valence-corrected chi connectivity index (χ3v) is 3.70. The van der Waals surface area contributed by atoms with E-state index in [4.69, 9.17) is 9.26 Å². The molecule has 0 aliphatic heterocycles. The molecule has 8 heteroatoms. The lowest BCUT2D eigenvalue weighted by atomic mass is 10.1. The number of amides is 1. The van der Waals surface area contributed by atoms with Crippen molar-refractivity contribution in [2.75, 3.05) is 20.3 Å². The molecule has 2 aromatic heterocycles. The molecule has 1 aromatic carbocycles. The molecule has 0 atom stereocenters. The van der Waals surface area contributed by atoms with Crippen molar-refractivity contribution in [3.05, 3.63) is 47.0 Å². The quantitative estimate of drug-likeness (QED) is 0.648. The maximum atomic E-state index is 12.5. The highest BCUT2D eigenvalue weighted by Crippen LogP contribution is 2.23. The van der Waals surface area contributed by atoms with Crippen molar-refractivity contribution in [3.63, 3.8) is 0 Å². The van der Waals surface area contributed by atoms with E-state index in [1.807, 2.05) is 30.3 Å². The van der Waals surface area contributed by atoms with Crippen molar-refractivity contribution < 1.29 is 14.1 Å². The molecular formula is C17H18N4O4. The van der Waals surface area contributed by atoms with Gasteiger partial charge in [0.05, 0.1) is 12.9 Å². The van der Waals surface area contributed by atoms with Crippen LogP contribution >= 0.6 is 0 Å². The summed E-state index contributed by atoms with van der Waals surface area (Å²) in [5.74, 6) is -0.161. The van der Waals surface area contributed by atoms with Crippen molar-refractivity contribution in [1.29, 1.82) is 0 Å². The average molecular weight is 342 g/mol. The Kier molecular flexibility index (Phi) is 5.20. The van der Waals surface area contributed by atoms with Crippen LogP contribution in [0.25, 0.3) is 22.4 Å². The van der Waals surface area contributed by atoms with E-state index in [2.05, 4.69) is 15.5 Å². The van der Waals surface area contributed by atoms with Crippen molar-refractivity contribution in [1.82, 2.24) is 20.0 Å². The first-order valence-electron chi connectivity index (χ1n) is 7.86. The number of carbonyl (C=O) groups is 1. The standard InChI is InChI=1S/C17H18N4O4/c1-24-10-8-18-13(22)7-9-21-11-19-15-14(12-5-3-2-4-6-12)20-25-16(15)17(21)23/h2-6,11H,7-10H2,1H3,(H,18,22). The smallest absolute Gasteiger partial charge is 0.299 e. The summed E-state index contributed by atoms with van der Waals surface area (Å²) in [4.78, 5) is 28.5. The molecule has 0 spiro atoms. The fourth-order valence-corrected chi connectivity index (χ4v) is 2.40. The number of hydrogen-bond donors (Lipinski definition) is 1. The van der Waals surface area contributed by atoms with Crippen LogP contribution in [0.15, 0.2) is 46.0 Å². The Morgan fingerprint density at radius 3 is 2.88 bits per heavy atom. The van der Waals surface area contributed by atoms with Crippen LogP contribution in [0.5, 0.6) is 0 Å². The van der Waals surface area contributed by atoms with Crippen LogP contribution in [0, 0.1) is 0 Å². The van der Waals surface area contributed by atoms with Gasteiger partial charge in [0, 0.05) is 32.2 Å². The van der Waals surface area contributed by atoms with E-state index >= 15 is 0 Å². The van der Waals surface area contributed by atoms with Gasteiger partial charge in [0.1, 0.15) is 11.2 Å². The van der Waals surface area contributed by atoms with E-state index in [9.17, 15) is 9.59 Å². The van der Waals surface area contributed by atoms with Gasteiger partial charge in [-0.2, -0.15) is 0 Å². The highest BCUT2D eigenvalue weighted by Gasteiger charge is 2.16. The fraction of sp³-hybridized carbons (Fsp3) is 0.294. The third kappa shape index (κ3) is 3.74. The zero-order chi connectivity index (χ0) is 17.6. The minimum atomic E-state index is -0.357. The summed E-state index contributed by atoms with van der Waals surface area (Å²) in [6.07, 6.45) is 1.58. The van der Waals surface area contributed by atoms with Gasteiger partial charge in [-0.15, -0.1) is 0 Å². The number of methoxy groups -OCH3 is 1. The SMILES string of the molecule is COCCNC(=O)CCn1cnc2c(-c3ccccc3)noc2c1=O. The molecule has 3 rings (SSSR count). The van der Waals surface area contributed by atoms with E-state index in [0.29, 0.717) is 24.4 Å². The summed E-state index contributed by atoms with van der Waals surface area (Å²) in [6.45, 7) is 1.09. The lowest BCUT2D eigenvalue weighted by Crippen LogP contribution is -2.29. The Bertz CT molecular complexity index is 917. The predicted molar refractivity (Wildman–Crippen MR) is 91.0 cm³/mol. The van der Waals surface area contributed by atoms with Gasteiger partial charge in [-0.3, -0.25) is 14.2 Å². The summed E-state index contributed by atoms with van der Waals surface area (Å²) < 4.78 is 11.4. The predicted octanol–water partition coefficient (Wildman–Crippen LogP) is 1.20. The normalized spacial score (nSPS) is 10.9. The van der Waals surface area contributed by atoms with Gasteiger partial charge in [0.15, 0.2) is 0 Å². The van der Waals surface area contributed by atoms with Crippen molar-refractivity contribution in [3.8, 4) is 11.3 Å². The molecule has 0 saturated carbocycles. The fourth-order valence-electron chi connectivity index (χ4n) is 2.40. The second-order valence-corrected chi connectivity index (χ2v) is 5.41. The molecular weight excluding hydrogens is 324 g/mol. The van der Waals surface area contributed by atoms with E-state index in [1.165, 1.54) is 10.9 Å². The first-order valence-corrected chi connectivity index (χ1v) is 7.86. The number of ether oxygens (including phenoxy) is 1. The molecule has 1 N–H and O–H groups in total. The van der Waals surface area contributed by atoms with Crippen LogP contribution in [-0.4, -0.2) is 40.9 Å². The number of fused-ring (bicyclic) bond motifs is 1. The number of aryl methyl sites for hydroxylation is 1. The van der Waals surface area contributed by atoms with Crippen LogP contribution in [-0.2, 0) is 16.1 Å². The van der Waals surface area contributed by atoms with E-state index in [0.717, 1.165) is 5.56 Å². The van der Waals surface area contributed by atoms with E-state index in [1.54, 1.807) is 7.11 Å². The molecule has 1 amide bonds. The summed E-state index contributed by atoms with van der Waals surface area (Å²) >= 11 is 0. The molecule has 0 aliphatic rings. The van der Waals surface area contributed by atoms with Gasteiger partial charge >= 0.3 is 0 Å². The number of nitrogens with zero attached hydrogens (tertiary/aromatic N) is 3. The molecule has 0 radical (unpaired) electrons. The number of carbonyl (C=O) groups excluding carboxylic acids is 1. The molecule has 3 aromatic rings. The molecule has 2 heterocycles. The Morgan fingerprint density at radius 1 is 1.32 bits per heavy atom. The van der Waals surface area contributed by atoms with Crippen LogP contribution in [0.1, 0.15) is 6.42 Å². The maximum absolute atomic E-state index is 12.5. The van der Waals surface area contributed by atoms with Gasteiger partial charge in [-0.1, -0.05) is 35.5 Å². The number of aromatic nitrogens is 3. The van der Waals surface area contributed by atoms with Gasteiger partial charge in [-0.25, -0.2) is 4.98 Å². The molecule has 0 bridgehead atoms. The second-order valence-electron chi connectivity index (χ2n) is 5.41. The minimum absolute atomic E-state index is 0.0844. The lowest BCUT2D eigenvalue weighted by molar-refractivity contribution is -0.121. The molecule has 25 heavy (non-hydrogen) atoms. The Labute approximate surface area is 143 Å². The zero-order valence-electron chi connectivity index (χ0n) is 13.8. The van der Waals surface area contributed by atoms with E-state index < -0.39 is 0 Å². The van der Waals surface area contributed by atoms with Gasteiger partial charge in [0.2, 0.25) is 5.91 Å². The summed E-state index contributed by atoms with van der Waals surface area (Å²) in [5, 5.41) is 6.67. The zero-order valence-corrected chi connectivity index (χ0v) is 13.8. The summed E-state index contributed by atoms with van der Waals surface area (Å²) in [5.41, 5.74) is 1.49. The third-order valence-electron chi connectivity index (χ3n) is 3.70. The van der Waals surface area contributed by atoms with Crippen molar-refractivity contribution in [2.24, 2.45) is 0 Å². The highest BCUT2D eigenvalue weighted by atomic mass is 16.5. The maximum Gasteiger partial charge on any atom is 0.299 e. The van der Waals surface area contributed by atoms with Crippen molar-refractivity contribution in [2.45, 2.75) is 13.0 Å². The lowest BCUT2D eigenvalue weighted by Gasteiger charge is -2.06. The average Bonchev–Trinajstić information content (AvgIpc) is 3.07. The number of rotatable bonds is 7. The van der Waals surface area contributed by atoms with Gasteiger partial charge < -0.3 is 14.6 Å². The molecule has 8 nitrogen and oxygen atoms in total. The van der Waals surface area contributed by atoms with Crippen LogP contribution in [0.2, 0.25) is 0 Å². The molecule has 0 unspecified atom stereocenters. The number of benzene rings is 1. The number of nitrogens with one attached hydrogen (secondary N) is 1. The topological polar surface area (TPSA) is 99.2 Å². The Hall–Kier alpha value is -3.00. The first-order chi connectivity index (χ1) is 12.2. The Morgan fingerprint density at radius 2 is 2.12 bits per heavy atom. The number of hydrogen-bond acceptors (Lipinski definition) is 6.